The van der Waals surface area contributed by atoms with Gasteiger partial charge < -0.3 is 20.1 Å². The summed E-state index contributed by atoms with van der Waals surface area (Å²) in [5.41, 5.74) is 0. The first kappa shape index (κ1) is 21.5. The van der Waals surface area contributed by atoms with Gasteiger partial charge in [-0.25, -0.2) is 4.79 Å². The molecule has 0 aromatic carbocycles. The van der Waals surface area contributed by atoms with E-state index >= 15 is 0 Å². The zero-order valence-electron chi connectivity index (χ0n) is 13.8. The third kappa shape index (κ3) is 11.7. The van der Waals surface area contributed by atoms with Crippen LogP contribution in [-0.2, 0) is 14.3 Å². The van der Waals surface area contributed by atoms with E-state index in [1.165, 1.54) is 6.92 Å². The Hall–Kier alpha value is -1.51. The van der Waals surface area contributed by atoms with Gasteiger partial charge in [-0.15, -0.1) is 0 Å². The van der Waals surface area contributed by atoms with Crippen LogP contribution in [0.5, 0.6) is 0 Å². The SMILES string of the molecule is CCOC(=O)N[C@H](CNC(=O)[C@H](C)OCC(F)(F)F)CC(C)C. The molecule has 2 N–H and O–H groups in total. The molecule has 2 amide bonds. The Morgan fingerprint density at radius 3 is 2.26 bits per heavy atom. The Kier molecular flexibility index (Phi) is 9.62. The molecule has 0 aliphatic heterocycles. The molecule has 0 saturated carbocycles. The van der Waals surface area contributed by atoms with Gasteiger partial charge in [0.2, 0.25) is 5.91 Å². The normalized spacial score (nSPS) is 14.3. The lowest BCUT2D eigenvalue weighted by Gasteiger charge is -2.22. The minimum absolute atomic E-state index is 0.0789. The fraction of sp³-hybridized carbons (Fsp3) is 0.857. The van der Waals surface area contributed by atoms with Gasteiger partial charge in [0.25, 0.3) is 0 Å². The number of hydrogen-bond donors (Lipinski definition) is 2. The molecule has 6 nitrogen and oxygen atoms in total. The summed E-state index contributed by atoms with van der Waals surface area (Å²) < 4.78 is 45.3. The van der Waals surface area contributed by atoms with Crippen molar-refractivity contribution in [2.75, 3.05) is 19.8 Å². The van der Waals surface area contributed by atoms with Crippen molar-refractivity contribution in [3.05, 3.63) is 0 Å². The van der Waals surface area contributed by atoms with Crippen molar-refractivity contribution in [1.82, 2.24) is 10.6 Å². The first-order chi connectivity index (χ1) is 10.5. The predicted octanol–water partition coefficient (Wildman–Crippen LogP) is 2.23. The van der Waals surface area contributed by atoms with Crippen LogP contribution in [0.4, 0.5) is 18.0 Å². The summed E-state index contributed by atoms with van der Waals surface area (Å²) in [4.78, 5) is 23.1. The van der Waals surface area contributed by atoms with Crippen LogP contribution in [0.1, 0.15) is 34.1 Å². The predicted molar refractivity (Wildman–Crippen MR) is 77.9 cm³/mol. The third-order valence-corrected chi connectivity index (χ3v) is 2.74. The average molecular weight is 342 g/mol. The minimum Gasteiger partial charge on any atom is -0.450 e. The highest BCUT2D eigenvalue weighted by Gasteiger charge is 2.30. The molecule has 2 atom stereocenters. The van der Waals surface area contributed by atoms with Gasteiger partial charge in [0.1, 0.15) is 12.7 Å². The van der Waals surface area contributed by atoms with E-state index in [1.54, 1.807) is 6.92 Å². The number of rotatable bonds is 9. The Morgan fingerprint density at radius 1 is 1.17 bits per heavy atom. The number of nitrogens with one attached hydrogen (secondary N) is 2. The van der Waals surface area contributed by atoms with Gasteiger partial charge in [-0.3, -0.25) is 4.79 Å². The Bertz CT molecular complexity index is 376. The molecular weight excluding hydrogens is 317 g/mol. The fourth-order valence-corrected chi connectivity index (χ4v) is 1.76. The van der Waals surface area contributed by atoms with Crippen molar-refractivity contribution in [1.29, 1.82) is 0 Å². The molecule has 23 heavy (non-hydrogen) atoms. The molecule has 136 valence electrons. The van der Waals surface area contributed by atoms with Crippen molar-refractivity contribution in [3.8, 4) is 0 Å². The molecular formula is C14H25F3N2O4. The highest BCUT2D eigenvalue weighted by Crippen LogP contribution is 2.15. The van der Waals surface area contributed by atoms with Crippen LogP contribution < -0.4 is 10.6 Å². The molecule has 0 aliphatic carbocycles. The van der Waals surface area contributed by atoms with Crippen molar-refractivity contribution < 1.29 is 32.2 Å². The summed E-state index contributed by atoms with van der Waals surface area (Å²) >= 11 is 0. The monoisotopic (exact) mass is 342 g/mol. The van der Waals surface area contributed by atoms with Crippen molar-refractivity contribution in [2.45, 2.75) is 52.4 Å². The van der Waals surface area contributed by atoms with Crippen LogP contribution in [-0.4, -0.2) is 50.1 Å². The van der Waals surface area contributed by atoms with E-state index in [0.717, 1.165) is 0 Å². The van der Waals surface area contributed by atoms with Crippen LogP contribution >= 0.6 is 0 Å². The second-order valence-corrected chi connectivity index (χ2v) is 5.50. The first-order valence-corrected chi connectivity index (χ1v) is 7.44. The maximum absolute atomic E-state index is 12.0. The number of ether oxygens (including phenoxy) is 2. The topological polar surface area (TPSA) is 76.7 Å². The summed E-state index contributed by atoms with van der Waals surface area (Å²) in [5.74, 6) is -0.425. The van der Waals surface area contributed by atoms with Crippen molar-refractivity contribution in [3.63, 3.8) is 0 Å². The van der Waals surface area contributed by atoms with Crippen LogP contribution in [0.2, 0.25) is 0 Å². The van der Waals surface area contributed by atoms with E-state index < -0.39 is 30.9 Å². The molecule has 9 heteroatoms. The van der Waals surface area contributed by atoms with Crippen LogP contribution in [0.25, 0.3) is 0 Å². The van der Waals surface area contributed by atoms with E-state index in [4.69, 9.17) is 4.74 Å². The van der Waals surface area contributed by atoms with E-state index in [0.29, 0.717) is 6.42 Å². The van der Waals surface area contributed by atoms with E-state index in [9.17, 15) is 22.8 Å². The van der Waals surface area contributed by atoms with Gasteiger partial charge in [-0.05, 0) is 26.2 Å². The second kappa shape index (κ2) is 10.3. The largest absolute Gasteiger partial charge is 0.450 e. The van der Waals surface area contributed by atoms with Crippen LogP contribution in [0, 0.1) is 5.92 Å². The second-order valence-electron chi connectivity index (χ2n) is 5.50. The van der Waals surface area contributed by atoms with Gasteiger partial charge in [0.05, 0.1) is 6.61 Å². The lowest BCUT2D eigenvalue weighted by Crippen LogP contribution is -2.47. The summed E-state index contributed by atoms with van der Waals surface area (Å²) in [7, 11) is 0. The average Bonchev–Trinajstić information content (AvgIpc) is 2.40. The maximum Gasteiger partial charge on any atom is 0.411 e. The molecule has 0 bridgehead atoms. The lowest BCUT2D eigenvalue weighted by molar-refractivity contribution is -0.185. The Morgan fingerprint density at radius 2 is 1.78 bits per heavy atom. The Balaban J connectivity index is 4.36. The quantitative estimate of drug-likeness (QED) is 0.674. The van der Waals surface area contributed by atoms with Gasteiger partial charge in [-0.1, -0.05) is 13.8 Å². The molecule has 0 rings (SSSR count). The smallest absolute Gasteiger partial charge is 0.411 e. The number of alkyl carbamates (subject to hydrolysis) is 1. The van der Waals surface area contributed by atoms with Gasteiger partial charge in [-0.2, -0.15) is 13.2 Å². The van der Waals surface area contributed by atoms with Crippen molar-refractivity contribution >= 4 is 12.0 Å². The zero-order valence-corrected chi connectivity index (χ0v) is 13.8. The number of halogens is 3. The number of carbonyl (C=O) groups excluding carboxylic acids is 2. The Labute approximate surface area is 134 Å². The molecule has 0 aromatic heterocycles. The van der Waals surface area contributed by atoms with E-state index in [2.05, 4.69) is 15.4 Å². The summed E-state index contributed by atoms with van der Waals surface area (Å²) in [6.07, 6.45) is -5.75. The van der Waals surface area contributed by atoms with Crippen LogP contribution in [0.3, 0.4) is 0 Å². The minimum atomic E-state index is -4.49. The van der Waals surface area contributed by atoms with Gasteiger partial charge in [0, 0.05) is 12.6 Å². The number of alkyl halides is 3. The zero-order chi connectivity index (χ0) is 18.0. The van der Waals surface area contributed by atoms with Crippen molar-refractivity contribution in [2.24, 2.45) is 5.92 Å². The van der Waals surface area contributed by atoms with E-state index in [1.807, 2.05) is 13.8 Å². The number of amides is 2. The molecule has 0 spiro atoms. The summed E-state index contributed by atoms with van der Waals surface area (Å²) in [5, 5.41) is 5.07. The molecule has 0 radical (unpaired) electrons. The highest BCUT2D eigenvalue weighted by molar-refractivity contribution is 5.80. The standard InChI is InChI=1S/C14H25F3N2O4/c1-5-22-13(21)19-11(6-9(2)3)7-18-12(20)10(4)23-8-14(15,16)17/h9-11H,5-8H2,1-4H3,(H,18,20)(H,19,21)/t10-,11-/m0/s1. The summed E-state index contributed by atoms with van der Waals surface area (Å²) in [6.45, 7) is 5.59. The molecule has 0 heterocycles. The summed E-state index contributed by atoms with van der Waals surface area (Å²) in [6, 6.07) is -0.382. The fourth-order valence-electron chi connectivity index (χ4n) is 1.76. The molecule has 0 saturated heterocycles. The maximum atomic E-state index is 12.0. The number of carbonyl (C=O) groups is 2. The third-order valence-electron chi connectivity index (χ3n) is 2.74. The highest BCUT2D eigenvalue weighted by atomic mass is 19.4. The lowest BCUT2D eigenvalue weighted by atomic mass is 10.0. The van der Waals surface area contributed by atoms with Gasteiger partial charge in [0.15, 0.2) is 0 Å². The first-order valence-electron chi connectivity index (χ1n) is 7.44. The van der Waals surface area contributed by atoms with Crippen LogP contribution in [0.15, 0.2) is 0 Å². The molecule has 0 aliphatic rings. The van der Waals surface area contributed by atoms with Gasteiger partial charge >= 0.3 is 12.3 Å². The number of hydrogen-bond acceptors (Lipinski definition) is 4. The molecule has 0 fully saturated rings. The van der Waals surface area contributed by atoms with E-state index in [-0.39, 0.29) is 25.1 Å². The molecule has 0 unspecified atom stereocenters. The molecule has 0 aromatic rings.